The Bertz CT molecular complexity index is 476. The lowest BCUT2D eigenvalue weighted by atomic mass is 10.1. The lowest BCUT2D eigenvalue weighted by Crippen LogP contribution is -2.30. The van der Waals surface area contributed by atoms with Crippen molar-refractivity contribution >= 4 is 5.91 Å². The van der Waals surface area contributed by atoms with Crippen LogP contribution in [0.1, 0.15) is 16.8 Å². The van der Waals surface area contributed by atoms with Crippen molar-refractivity contribution < 1.29 is 14.3 Å². The number of amides is 1. The summed E-state index contributed by atoms with van der Waals surface area (Å²) in [5.41, 5.74) is 0.646. The third-order valence-corrected chi connectivity index (χ3v) is 3.70. The molecule has 5 nitrogen and oxygen atoms in total. The van der Waals surface area contributed by atoms with Crippen LogP contribution >= 0.6 is 0 Å². The molecular weight excluding hydrogens is 256 g/mol. The number of carbonyl (C=O) groups excluding carboxylic acids is 1. The van der Waals surface area contributed by atoms with Crippen molar-refractivity contribution in [3.8, 4) is 11.5 Å². The molecule has 110 valence electrons. The minimum absolute atomic E-state index is 0.0598. The highest BCUT2D eigenvalue weighted by Crippen LogP contribution is 2.28. The molecular formula is C15H22N2O3. The van der Waals surface area contributed by atoms with Crippen LogP contribution in [0.2, 0.25) is 0 Å². The molecule has 1 unspecified atom stereocenters. The number of hydrogen-bond acceptors (Lipinski definition) is 4. The number of methoxy groups -OCH3 is 2. The number of hydrogen-bond donors (Lipinski definition) is 1. The second-order valence-corrected chi connectivity index (χ2v) is 5.03. The first-order valence-electron chi connectivity index (χ1n) is 6.85. The first-order valence-corrected chi connectivity index (χ1v) is 6.85. The molecule has 1 N–H and O–H groups in total. The van der Waals surface area contributed by atoms with Crippen molar-refractivity contribution in [2.24, 2.45) is 5.92 Å². The zero-order chi connectivity index (χ0) is 14.5. The standard InChI is InChI=1S/C15H22N2O3/c1-16-9-11-6-7-17(10-11)15(18)12-4-5-13(19-2)14(8-12)20-3/h4-5,8,11,16H,6-7,9-10H2,1-3H3. The molecule has 1 aliphatic rings. The Morgan fingerprint density at radius 2 is 2.10 bits per heavy atom. The van der Waals surface area contributed by atoms with Crippen molar-refractivity contribution in [1.82, 2.24) is 10.2 Å². The van der Waals surface area contributed by atoms with Crippen LogP contribution in [0.3, 0.4) is 0 Å². The number of benzene rings is 1. The number of rotatable bonds is 5. The molecule has 20 heavy (non-hydrogen) atoms. The smallest absolute Gasteiger partial charge is 0.254 e. The fourth-order valence-electron chi connectivity index (χ4n) is 2.62. The number of nitrogens with zero attached hydrogens (tertiary/aromatic N) is 1. The highest BCUT2D eigenvalue weighted by Gasteiger charge is 2.26. The van der Waals surface area contributed by atoms with Gasteiger partial charge >= 0.3 is 0 Å². The topological polar surface area (TPSA) is 50.8 Å². The summed E-state index contributed by atoms with van der Waals surface area (Å²) in [6.07, 6.45) is 1.06. The van der Waals surface area contributed by atoms with Gasteiger partial charge in [-0.25, -0.2) is 0 Å². The molecule has 5 heteroatoms. The van der Waals surface area contributed by atoms with Gasteiger partial charge in [-0.1, -0.05) is 0 Å². The van der Waals surface area contributed by atoms with Gasteiger partial charge in [0.25, 0.3) is 5.91 Å². The van der Waals surface area contributed by atoms with Gasteiger partial charge in [-0.3, -0.25) is 4.79 Å². The normalized spacial score (nSPS) is 18.1. The van der Waals surface area contributed by atoms with Crippen LogP contribution in [0.4, 0.5) is 0 Å². The molecule has 1 amide bonds. The summed E-state index contributed by atoms with van der Waals surface area (Å²) in [4.78, 5) is 14.4. The highest BCUT2D eigenvalue weighted by molar-refractivity contribution is 5.95. The quantitative estimate of drug-likeness (QED) is 0.884. The average molecular weight is 278 g/mol. The van der Waals surface area contributed by atoms with E-state index in [0.29, 0.717) is 23.0 Å². The van der Waals surface area contributed by atoms with Gasteiger partial charge in [-0.2, -0.15) is 0 Å². The van der Waals surface area contributed by atoms with Gasteiger partial charge in [0.1, 0.15) is 0 Å². The molecule has 0 spiro atoms. The van der Waals surface area contributed by atoms with E-state index in [0.717, 1.165) is 26.1 Å². The van der Waals surface area contributed by atoms with E-state index in [1.165, 1.54) is 0 Å². The van der Waals surface area contributed by atoms with Crippen LogP contribution in [-0.4, -0.2) is 51.7 Å². The summed E-state index contributed by atoms with van der Waals surface area (Å²) in [7, 11) is 5.10. The lowest BCUT2D eigenvalue weighted by molar-refractivity contribution is 0.0787. The molecule has 2 rings (SSSR count). The number of ether oxygens (including phenoxy) is 2. The maximum atomic E-state index is 12.5. The second kappa shape index (κ2) is 6.61. The zero-order valence-electron chi connectivity index (χ0n) is 12.3. The minimum atomic E-state index is 0.0598. The van der Waals surface area contributed by atoms with E-state index >= 15 is 0 Å². The van der Waals surface area contributed by atoms with E-state index in [9.17, 15) is 4.79 Å². The third-order valence-electron chi connectivity index (χ3n) is 3.70. The third kappa shape index (κ3) is 3.04. The van der Waals surface area contributed by atoms with Crippen LogP contribution in [0.25, 0.3) is 0 Å². The fourth-order valence-corrected chi connectivity index (χ4v) is 2.62. The molecule has 0 aliphatic carbocycles. The van der Waals surface area contributed by atoms with Gasteiger partial charge in [0.2, 0.25) is 0 Å². The van der Waals surface area contributed by atoms with Crippen molar-refractivity contribution in [3.63, 3.8) is 0 Å². The van der Waals surface area contributed by atoms with Gasteiger partial charge in [-0.05, 0) is 44.1 Å². The van der Waals surface area contributed by atoms with Gasteiger partial charge in [-0.15, -0.1) is 0 Å². The monoisotopic (exact) mass is 278 g/mol. The van der Waals surface area contributed by atoms with E-state index in [2.05, 4.69) is 5.32 Å². The molecule has 0 aromatic heterocycles. The number of carbonyl (C=O) groups is 1. The van der Waals surface area contributed by atoms with Crippen molar-refractivity contribution in [3.05, 3.63) is 23.8 Å². The van der Waals surface area contributed by atoms with Gasteiger partial charge in [0.05, 0.1) is 14.2 Å². The van der Waals surface area contributed by atoms with Crippen molar-refractivity contribution in [2.75, 3.05) is 40.9 Å². The summed E-state index contributed by atoms with van der Waals surface area (Å²) in [6.45, 7) is 2.59. The fraction of sp³-hybridized carbons (Fsp3) is 0.533. The summed E-state index contributed by atoms with van der Waals surface area (Å²) in [6, 6.07) is 5.30. The predicted molar refractivity (Wildman–Crippen MR) is 77.5 cm³/mol. The highest BCUT2D eigenvalue weighted by atomic mass is 16.5. The van der Waals surface area contributed by atoms with Crippen LogP contribution in [0.15, 0.2) is 18.2 Å². The SMILES string of the molecule is CNCC1CCN(C(=O)c2ccc(OC)c(OC)c2)C1. The Morgan fingerprint density at radius 3 is 2.75 bits per heavy atom. The van der Waals surface area contributed by atoms with Crippen LogP contribution < -0.4 is 14.8 Å². The molecule has 1 fully saturated rings. The predicted octanol–water partition coefficient (Wildman–Crippen LogP) is 1.39. The molecule has 0 radical (unpaired) electrons. The largest absolute Gasteiger partial charge is 0.493 e. The van der Waals surface area contributed by atoms with Crippen LogP contribution in [0, 0.1) is 5.92 Å². The summed E-state index contributed by atoms with van der Waals surface area (Å²) >= 11 is 0. The first-order chi connectivity index (χ1) is 9.69. The molecule has 1 aliphatic heterocycles. The van der Waals surface area contributed by atoms with E-state index in [1.54, 1.807) is 32.4 Å². The van der Waals surface area contributed by atoms with Crippen molar-refractivity contribution in [1.29, 1.82) is 0 Å². The van der Waals surface area contributed by atoms with E-state index in [4.69, 9.17) is 9.47 Å². The lowest BCUT2D eigenvalue weighted by Gasteiger charge is -2.17. The van der Waals surface area contributed by atoms with Crippen molar-refractivity contribution in [2.45, 2.75) is 6.42 Å². The van der Waals surface area contributed by atoms with Crippen LogP contribution in [0.5, 0.6) is 11.5 Å². The summed E-state index contributed by atoms with van der Waals surface area (Å²) in [5, 5.41) is 3.17. The Morgan fingerprint density at radius 1 is 1.35 bits per heavy atom. The number of nitrogens with one attached hydrogen (secondary N) is 1. The zero-order valence-corrected chi connectivity index (χ0v) is 12.3. The van der Waals surface area contributed by atoms with E-state index < -0.39 is 0 Å². The maximum Gasteiger partial charge on any atom is 0.254 e. The van der Waals surface area contributed by atoms with Gasteiger partial charge in [0, 0.05) is 18.7 Å². The van der Waals surface area contributed by atoms with Crippen LogP contribution in [-0.2, 0) is 0 Å². The average Bonchev–Trinajstić information content (AvgIpc) is 2.94. The minimum Gasteiger partial charge on any atom is -0.493 e. The Balaban J connectivity index is 2.10. The van der Waals surface area contributed by atoms with Gasteiger partial charge < -0.3 is 19.7 Å². The first kappa shape index (κ1) is 14.7. The molecule has 0 saturated carbocycles. The van der Waals surface area contributed by atoms with E-state index in [1.807, 2.05) is 11.9 Å². The maximum absolute atomic E-state index is 12.5. The summed E-state index contributed by atoms with van der Waals surface area (Å²) < 4.78 is 10.4. The Hall–Kier alpha value is -1.75. The molecule has 0 bridgehead atoms. The summed E-state index contributed by atoms with van der Waals surface area (Å²) in [5.74, 6) is 1.83. The second-order valence-electron chi connectivity index (χ2n) is 5.03. The molecule has 1 aromatic rings. The Labute approximate surface area is 119 Å². The molecule has 1 saturated heterocycles. The number of likely N-dealkylation sites (tertiary alicyclic amines) is 1. The molecule has 1 aromatic carbocycles. The van der Waals surface area contributed by atoms with E-state index in [-0.39, 0.29) is 5.91 Å². The molecule has 1 heterocycles. The molecule has 1 atom stereocenters. The van der Waals surface area contributed by atoms with Gasteiger partial charge in [0.15, 0.2) is 11.5 Å². The Kier molecular flexibility index (Phi) is 4.84.